The number of nitrogens with two attached hydrogens (primary N) is 1. The Bertz CT molecular complexity index is 585. The quantitative estimate of drug-likeness (QED) is 0.849. The SMILES string of the molecule is NC(=S)c1ccnnc1Nc1c(F)cccc1Br. The molecule has 0 atom stereocenters. The first-order valence-corrected chi connectivity index (χ1v) is 6.12. The molecule has 0 saturated carbocycles. The number of aromatic nitrogens is 2. The molecule has 0 saturated heterocycles. The fraction of sp³-hybridized carbons (Fsp3) is 0. The van der Waals surface area contributed by atoms with Crippen LogP contribution in [0.4, 0.5) is 15.9 Å². The molecule has 0 aliphatic carbocycles. The Labute approximate surface area is 117 Å². The summed E-state index contributed by atoms with van der Waals surface area (Å²) in [5, 5.41) is 10.4. The van der Waals surface area contributed by atoms with Crippen molar-refractivity contribution >= 4 is 44.6 Å². The van der Waals surface area contributed by atoms with Gasteiger partial charge in [-0.25, -0.2) is 4.39 Å². The highest BCUT2D eigenvalue weighted by Gasteiger charge is 2.11. The number of hydrogen-bond donors (Lipinski definition) is 2. The molecule has 0 fully saturated rings. The number of anilines is 2. The van der Waals surface area contributed by atoms with E-state index in [0.29, 0.717) is 15.9 Å². The Morgan fingerprint density at radius 2 is 2.17 bits per heavy atom. The van der Waals surface area contributed by atoms with Crippen molar-refractivity contribution in [3.63, 3.8) is 0 Å². The van der Waals surface area contributed by atoms with E-state index in [1.165, 1.54) is 12.3 Å². The summed E-state index contributed by atoms with van der Waals surface area (Å²) in [5.41, 5.74) is 6.33. The Morgan fingerprint density at radius 3 is 2.83 bits per heavy atom. The molecule has 2 aromatic rings. The Hall–Kier alpha value is -1.60. The van der Waals surface area contributed by atoms with Crippen LogP contribution in [0.3, 0.4) is 0 Å². The van der Waals surface area contributed by atoms with Crippen LogP contribution < -0.4 is 11.1 Å². The smallest absolute Gasteiger partial charge is 0.163 e. The molecular formula is C11H8BrFN4S. The molecule has 1 heterocycles. The molecule has 92 valence electrons. The lowest BCUT2D eigenvalue weighted by atomic mass is 10.2. The Kier molecular flexibility index (Phi) is 3.83. The van der Waals surface area contributed by atoms with Gasteiger partial charge in [0.05, 0.1) is 17.4 Å². The molecule has 1 aromatic heterocycles. The molecule has 0 aliphatic heterocycles. The van der Waals surface area contributed by atoms with Crippen molar-refractivity contribution in [3.8, 4) is 0 Å². The van der Waals surface area contributed by atoms with E-state index in [-0.39, 0.29) is 10.7 Å². The van der Waals surface area contributed by atoms with Crippen molar-refractivity contribution < 1.29 is 4.39 Å². The summed E-state index contributed by atoms with van der Waals surface area (Å²) < 4.78 is 14.2. The van der Waals surface area contributed by atoms with Crippen LogP contribution in [0.1, 0.15) is 5.56 Å². The van der Waals surface area contributed by atoms with Crippen LogP contribution in [0.5, 0.6) is 0 Å². The highest BCUT2D eigenvalue weighted by atomic mass is 79.9. The molecule has 7 heteroatoms. The summed E-state index contributed by atoms with van der Waals surface area (Å²) in [7, 11) is 0. The fourth-order valence-electron chi connectivity index (χ4n) is 1.36. The van der Waals surface area contributed by atoms with Gasteiger partial charge in [0.2, 0.25) is 0 Å². The van der Waals surface area contributed by atoms with Gasteiger partial charge in [-0.3, -0.25) is 0 Å². The zero-order valence-electron chi connectivity index (χ0n) is 9.02. The number of nitrogens with zero attached hydrogens (tertiary/aromatic N) is 2. The molecule has 0 spiro atoms. The number of rotatable bonds is 3. The number of thiocarbonyl (C=S) groups is 1. The van der Waals surface area contributed by atoms with Gasteiger partial charge in [0.15, 0.2) is 5.82 Å². The standard InChI is InChI=1S/C11H8BrFN4S/c12-7-2-1-3-8(13)9(7)16-11-6(10(14)18)4-5-15-17-11/h1-5H,(H2,14,18)(H,16,17). The summed E-state index contributed by atoms with van der Waals surface area (Å²) in [4.78, 5) is 0.167. The van der Waals surface area contributed by atoms with Gasteiger partial charge in [-0.05, 0) is 34.1 Å². The topological polar surface area (TPSA) is 63.8 Å². The van der Waals surface area contributed by atoms with Gasteiger partial charge in [0, 0.05) is 4.47 Å². The van der Waals surface area contributed by atoms with E-state index in [4.69, 9.17) is 18.0 Å². The third kappa shape index (κ3) is 2.62. The van der Waals surface area contributed by atoms with Crippen molar-refractivity contribution in [2.75, 3.05) is 5.32 Å². The van der Waals surface area contributed by atoms with Crippen LogP contribution in [0.25, 0.3) is 0 Å². The lowest BCUT2D eigenvalue weighted by Crippen LogP contribution is -2.13. The lowest BCUT2D eigenvalue weighted by Gasteiger charge is -2.11. The summed E-state index contributed by atoms with van der Waals surface area (Å²) in [5.74, 6) is -0.0975. The van der Waals surface area contributed by atoms with Gasteiger partial charge < -0.3 is 11.1 Å². The maximum absolute atomic E-state index is 13.7. The average molecular weight is 327 g/mol. The second kappa shape index (κ2) is 5.36. The monoisotopic (exact) mass is 326 g/mol. The first kappa shape index (κ1) is 12.8. The van der Waals surface area contributed by atoms with E-state index in [1.54, 1.807) is 18.2 Å². The number of hydrogen-bond acceptors (Lipinski definition) is 4. The minimum absolute atomic E-state index is 0.167. The van der Waals surface area contributed by atoms with Crippen molar-refractivity contribution in [2.24, 2.45) is 5.73 Å². The van der Waals surface area contributed by atoms with Gasteiger partial charge in [-0.15, -0.1) is 5.10 Å². The normalized spacial score (nSPS) is 10.1. The fourth-order valence-corrected chi connectivity index (χ4v) is 1.96. The second-order valence-corrected chi connectivity index (χ2v) is 4.67. The van der Waals surface area contributed by atoms with Gasteiger partial charge in [0.1, 0.15) is 10.8 Å². The molecular weight excluding hydrogens is 319 g/mol. The van der Waals surface area contributed by atoms with Crippen molar-refractivity contribution in [1.82, 2.24) is 10.2 Å². The summed E-state index contributed by atoms with van der Waals surface area (Å²) >= 11 is 8.15. The molecule has 4 nitrogen and oxygen atoms in total. The third-order valence-electron chi connectivity index (χ3n) is 2.19. The van der Waals surface area contributed by atoms with E-state index in [1.807, 2.05) is 0 Å². The van der Waals surface area contributed by atoms with Crippen molar-refractivity contribution in [1.29, 1.82) is 0 Å². The van der Waals surface area contributed by atoms with Crippen molar-refractivity contribution in [2.45, 2.75) is 0 Å². The second-order valence-electron chi connectivity index (χ2n) is 3.38. The van der Waals surface area contributed by atoms with Crippen molar-refractivity contribution in [3.05, 3.63) is 46.3 Å². The molecule has 0 aliphatic rings. The van der Waals surface area contributed by atoms with Gasteiger partial charge in [-0.2, -0.15) is 5.10 Å². The number of halogens is 2. The maximum Gasteiger partial charge on any atom is 0.163 e. The molecule has 0 unspecified atom stereocenters. The number of para-hydroxylation sites is 1. The Balaban J connectivity index is 2.43. The number of nitrogens with one attached hydrogen (secondary N) is 1. The maximum atomic E-state index is 13.7. The molecule has 0 radical (unpaired) electrons. The zero-order valence-corrected chi connectivity index (χ0v) is 11.4. The first-order chi connectivity index (χ1) is 8.59. The van der Waals surface area contributed by atoms with Crippen LogP contribution in [0.15, 0.2) is 34.9 Å². The van der Waals surface area contributed by atoms with Crippen LogP contribution >= 0.6 is 28.1 Å². The zero-order chi connectivity index (χ0) is 13.1. The number of benzene rings is 1. The van der Waals surface area contributed by atoms with Gasteiger partial charge in [0.25, 0.3) is 0 Å². The highest BCUT2D eigenvalue weighted by molar-refractivity contribution is 9.10. The first-order valence-electron chi connectivity index (χ1n) is 4.92. The predicted molar refractivity (Wildman–Crippen MR) is 75.3 cm³/mol. The largest absolute Gasteiger partial charge is 0.389 e. The summed E-state index contributed by atoms with van der Waals surface area (Å²) in [6.45, 7) is 0. The average Bonchev–Trinajstić information content (AvgIpc) is 2.34. The predicted octanol–water partition coefficient (Wildman–Crippen LogP) is 2.76. The van der Waals surface area contributed by atoms with Crippen LogP contribution in [0, 0.1) is 5.82 Å². The Morgan fingerprint density at radius 1 is 1.39 bits per heavy atom. The molecule has 2 rings (SSSR count). The van der Waals surface area contributed by atoms with E-state index in [9.17, 15) is 4.39 Å². The van der Waals surface area contributed by atoms with E-state index in [0.717, 1.165) is 0 Å². The minimum atomic E-state index is -0.413. The summed E-state index contributed by atoms with van der Waals surface area (Å²) in [6.07, 6.45) is 1.47. The van der Waals surface area contributed by atoms with E-state index < -0.39 is 5.82 Å². The molecule has 18 heavy (non-hydrogen) atoms. The molecule has 1 aromatic carbocycles. The molecule has 0 bridgehead atoms. The highest BCUT2D eigenvalue weighted by Crippen LogP contribution is 2.28. The van der Waals surface area contributed by atoms with E-state index >= 15 is 0 Å². The third-order valence-corrected chi connectivity index (χ3v) is 3.07. The van der Waals surface area contributed by atoms with E-state index in [2.05, 4.69) is 31.4 Å². The van der Waals surface area contributed by atoms with Gasteiger partial charge in [-0.1, -0.05) is 18.3 Å². The lowest BCUT2D eigenvalue weighted by molar-refractivity contribution is 0.631. The van der Waals surface area contributed by atoms with Gasteiger partial charge >= 0.3 is 0 Å². The van der Waals surface area contributed by atoms with Crippen LogP contribution in [-0.4, -0.2) is 15.2 Å². The van der Waals surface area contributed by atoms with Crippen LogP contribution in [-0.2, 0) is 0 Å². The molecule has 0 amide bonds. The minimum Gasteiger partial charge on any atom is -0.389 e. The van der Waals surface area contributed by atoms with Crippen LogP contribution in [0.2, 0.25) is 0 Å². The summed E-state index contributed by atoms with van der Waals surface area (Å²) in [6, 6.07) is 6.26. The molecule has 3 N–H and O–H groups in total.